The second-order valence-electron chi connectivity index (χ2n) is 10.2. The molecular formula is C26H21F5N6. The smallest absolute Gasteiger partial charge is 0.370 e. The van der Waals surface area contributed by atoms with E-state index in [9.17, 15) is 22.0 Å². The van der Waals surface area contributed by atoms with Crippen LogP contribution in [0.4, 0.5) is 33.6 Å². The first-order valence-corrected chi connectivity index (χ1v) is 12.1. The van der Waals surface area contributed by atoms with Crippen molar-refractivity contribution in [3.8, 4) is 11.1 Å². The van der Waals surface area contributed by atoms with Crippen molar-refractivity contribution in [1.29, 1.82) is 0 Å². The van der Waals surface area contributed by atoms with Gasteiger partial charge >= 0.3 is 6.18 Å². The third-order valence-corrected chi connectivity index (χ3v) is 8.45. The number of aromatic nitrogens is 4. The number of nitrogens with one attached hydrogen (secondary N) is 1. The van der Waals surface area contributed by atoms with Crippen LogP contribution in [0.2, 0.25) is 0 Å². The van der Waals surface area contributed by atoms with Crippen LogP contribution in [-0.2, 0) is 6.18 Å². The molecule has 0 radical (unpaired) electrons. The molecule has 3 aromatic heterocycles. The summed E-state index contributed by atoms with van der Waals surface area (Å²) in [5, 5.41) is 8.03. The molecule has 4 aromatic rings. The van der Waals surface area contributed by atoms with E-state index in [0.717, 1.165) is 37.6 Å². The van der Waals surface area contributed by atoms with Gasteiger partial charge < -0.3 is 10.2 Å². The van der Waals surface area contributed by atoms with Crippen molar-refractivity contribution in [3.05, 3.63) is 72.2 Å². The summed E-state index contributed by atoms with van der Waals surface area (Å²) in [6, 6.07) is 10.1. The van der Waals surface area contributed by atoms with Gasteiger partial charge in [-0.15, -0.1) is 5.10 Å². The molecule has 1 spiro atoms. The molecule has 4 unspecified atom stereocenters. The lowest BCUT2D eigenvalue weighted by atomic mass is 9.41. The maximum Gasteiger partial charge on any atom is 0.433 e. The fourth-order valence-corrected chi connectivity index (χ4v) is 6.64. The number of pyridine rings is 2. The normalized spacial score (nSPS) is 26.4. The molecule has 3 fully saturated rings. The van der Waals surface area contributed by atoms with Gasteiger partial charge in [0.15, 0.2) is 17.3 Å². The molecule has 6 nitrogen and oxygen atoms in total. The van der Waals surface area contributed by atoms with Crippen molar-refractivity contribution in [3.63, 3.8) is 0 Å². The fourth-order valence-electron chi connectivity index (χ4n) is 6.64. The lowest BCUT2D eigenvalue weighted by molar-refractivity contribution is -0.141. The van der Waals surface area contributed by atoms with Gasteiger partial charge in [0.2, 0.25) is 5.95 Å². The lowest BCUT2D eigenvalue weighted by Crippen LogP contribution is -2.68. The molecule has 4 atom stereocenters. The van der Waals surface area contributed by atoms with Gasteiger partial charge in [0.25, 0.3) is 0 Å². The average Bonchev–Trinajstić information content (AvgIpc) is 3.46. The highest BCUT2D eigenvalue weighted by Crippen LogP contribution is 2.68. The van der Waals surface area contributed by atoms with E-state index in [1.807, 2.05) is 4.90 Å². The first-order valence-electron chi connectivity index (χ1n) is 12.1. The summed E-state index contributed by atoms with van der Waals surface area (Å²) in [4.78, 5) is 10.2. The highest BCUT2D eigenvalue weighted by molar-refractivity contribution is 5.78. The van der Waals surface area contributed by atoms with Crippen LogP contribution in [0, 0.1) is 28.9 Å². The fraction of sp³-hybridized carbons (Fsp3) is 0.346. The maximum absolute atomic E-state index is 13.8. The number of hydrogen-bond acceptors (Lipinski definition) is 5. The molecule has 1 aromatic carbocycles. The van der Waals surface area contributed by atoms with E-state index in [1.165, 1.54) is 12.3 Å². The Kier molecular flexibility index (Phi) is 4.62. The van der Waals surface area contributed by atoms with E-state index >= 15 is 0 Å². The van der Waals surface area contributed by atoms with E-state index in [1.54, 1.807) is 28.9 Å². The van der Waals surface area contributed by atoms with Crippen LogP contribution in [0.3, 0.4) is 0 Å². The zero-order valence-corrected chi connectivity index (χ0v) is 19.4. The van der Waals surface area contributed by atoms with Gasteiger partial charge in [0, 0.05) is 48.7 Å². The quantitative estimate of drug-likeness (QED) is 0.371. The number of anilines is 2. The predicted molar refractivity (Wildman–Crippen MR) is 126 cm³/mol. The molecule has 37 heavy (non-hydrogen) atoms. The number of hydrogen-bond donors (Lipinski definition) is 1. The minimum absolute atomic E-state index is 0.0925. The summed E-state index contributed by atoms with van der Waals surface area (Å²) >= 11 is 0. The van der Waals surface area contributed by atoms with Crippen molar-refractivity contribution in [1.82, 2.24) is 19.6 Å². The van der Waals surface area contributed by atoms with Crippen LogP contribution in [-0.4, -0.2) is 38.7 Å². The maximum atomic E-state index is 13.8. The number of alkyl halides is 3. The summed E-state index contributed by atoms with van der Waals surface area (Å²) in [5.74, 6) is -0.770. The van der Waals surface area contributed by atoms with Crippen LogP contribution >= 0.6 is 0 Å². The topological polar surface area (TPSA) is 58.4 Å². The van der Waals surface area contributed by atoms with Gasteiger partial charge in [-0.2, -0.15) is 18.2 Å². The Bertz CT molecular complexity index is 1530. The molecule has 4 heterocycles. The van der Waals surface area contributed by atoms with E-state index in [-0.39, 0.29) is 17.4 Å². The van der Waals surface area contributed by atoms with Gasteiger partial charge in [0.05, 0.1) is 0 Å². The number of fused-ring (bicyclic) bond motifs is 1. The van der Waals surface area contributed by atoms with Crippen LogP contribution in [0.25, 0.3) is 16.8 Å². The SMILES string of the molecule is Fc1ccc(-c2cccn3nc(NC4C5CCC56CN(c5ccnc(C(F)(F)F)c5)CC46)nc23)cc1F. The summed E-state index contributed by atoms with van der Waals surface area (Å²) < 4.78 is 68.5. The minimum atomic E-state index is -4.48. The molecule has 1 N–H and O–H groups in total. The Balaban J connectivity index is 1.14. The third kappa shape index (κ3) is 3.32. The molecule has 190 valence electrons. The van der Waals surface area contributed by atoms with Gasteiger partial charge in [-0.1, -0.05) is 6.07 Å². The second-order valence-corrected chi connectivity index (χ2v) is 10.2. The van der Waals surface area contributed by atoms with Crippen molar-refractivity contribution in [2.24, 2.45) is 17.3 Å². The molecular weight excluding hydrogens is 491 g/mol. The number of benzene rings is 1. The molecule has 1 aliphatic heterocycles. The highest BCUT2D eigenvalue weighted by Gasteiger charge is 2.70. The summed E-state index contributed by atoms with van der Waals surface area (Å²) in [6.07, 6.45) is 0.565. The van der Waals surface area contributed by atoms with E-state index in [4.69, 9.17) is 0 Å². The molecule has 0 bridgehead atoms. The van der Waals surface area contributed by atoms with Crippen molar-refractivity contribution in [2.75, 3.05) is 23.3 Å². The zero-order chi connectivity index (χ0) is 25.5. The number of nitrogens with zero attached hydrogens (tertiary/aromatic N) is 5. The monoisotopic (exact) mass is 512 g/mol. The van der Waals surface area contributed by atoms with Crippen molar-refractivity contribution in [2.45, 2.75) is 25.1 Å². The zero-order valence-electron chi connectivity index (χ0n) is 19.4. The summed E-state index contributed by atoms with van der Waals surface area (Å²) in [6.45, 7) is 1.36. The van der Waals surface area contributed by atoms with E-state index in [0.29, 0.717) is 40.9 Å². The first kappa shape index (κ1) is 22.4. The van der Waals surface area contributed by atoms with Crippen LogP contribution in [0.15, 0.2) is 54.9 Å². The highest BCUT2D eigenvalue weighted by atomic mass is 19.4. The van der Waals surface area contributed by atoms with Crippen molar-refractivity contribution >= 4 is 17.3 Å². The number of halogens is 5. The predicted octanol–water partition coefficient (Wildman–Crippen LogP) is 5.42. The van der Waals surface area contributed by atoms with Crippen LogP contribution in [0.1, 0.15) is 18.5 Å². The first-order chi connectivity index (χ1) is 17.7. The molecule has 11 heteroatoms. The molecule has 3 aliphatic rings. The average molecular weight is 512 g/mol. The van der Waals surface area contributed by atoms with Crippen molar-refractivity contribution < 1.29 is 22.0 Å². The van der Waals surface area contributed by atoms with E-state index in [2.05, 4.69) is 20.4 Å². The number of rotatable bonds is 4. The second kappa shape index (κ2) is 7.62. The van der Waals surface area contributed by atoms with Crippen LogP contribution in [0.5, 0.6) is 0 Å². The summed E-state index contributed by atoms with van der Waals surface area (Å²) in [7, 11) is 0. The molecule has 7 rings (SSSR count). The molecule has 0 amide bonds. The standard InChI is InChI=1S/C26H21F5N6/c27-19-4-3-14(10-20(19)28)16-2-1-9-37-23(16)34-24(35-37)33-22-17-5-7-25(17)13-36(12-18(22)25)15-6-8-32-21(11-15)26(29,30)31/h1-4,6,8-11,17-18,22H,5,7,12-13H2,(H,33,35). The van der Waals surface area contributed by atoms with Crippen LogP contribution < -0.4 is 10.2 Å². The minimum Gasteiger partial charge on any atom is -0.370 e. The molecule has 2 aliphatic carbocycles. The Morgan fingerprint density at radius 1 is 1.03 bits per heavy atom. The summed E-state index contributed by atoms with van der Waals surface area (Å²) in [5.41, 5.74) is 1.38. The van der Waals surface area contributed by atoms with E-state index < -0.39 is 23.5 Å². The largest absolute Gasteiger partial charge is 0.433 e. The Morgan fingerprint density at radius 2 is 1.89 bits per heavy atom. The van der Waals surface area contributed by atoms with Gasteiger partial charge in [-0.25, -0.2) is 13.3 Å². The van der Waals surface area contributed by atoms with Gasteiger partial charge in [-0.05, 0) is 66.1 Å². The third-order valence-electron chi connectivity index (χ3n) is 8.45. The molecule has 2 saturated carbocycles. The Hall–Kier alpha value is -3.76. The Morgan fingerprint density at radius 3 is 2.65 bits per heavy atom. The van der Waals surface area contributed by atoms with Gasteiger partial charge in [0.1, 0.15) is 5.69 Å². The lowest BCUT2D eigenvalue weighted by Gasteiger charge is -2.65. The van der Waals surface area contributed by atoms with Gasteiger partial charge in [-0.3, -0.25) is 4.98 Å². The Labute approximate surface area is 208 Å². The molecule has 1 saturated heterocycles.